The van der Waals surface area contributed by atoms with Crippen LogP contribution in [-0.2, 0) is 29.3 Å². The Morgan fingerprint density at radius 1 is 0.818 bits per heavy atom. The normalized spacial score (nSPS) is 9.18. The lowest BCUT2D eigenvalue weighted by atomic mass is 10.3. The van der Waals surface area contributed by atoms with Gasteiger partial charge >= 0.3 is 23.9 Å². The zero-order valence-corrected chi connectivity index (χ0v) is 12.7. The van der Waals surface area contributed by atoms with Crippen LogP contribution in [0, 0.1) is 0 Å². The molecule has 0 aromatic carbocycles. The average molecular weight is 367 g/mol. The molecule has 0 aromatic heterocycles. The van der Waals surface area contributed by atoms with Crippen molar-refractivity contribution in [1.82, 2.24) is 0 Å². The molecule has 11 nitrogen and oxygen atoms in total. The van der Waals surface area contributed by atoms with Crippen LogP contribution in [0.4, 0.5) is 0 Å². The molecule has 0 radical (unpaired) electrons. The molecule has 0 spiro atoms. The van der Waals surface area contributed by atoms with Crippen molar-refractivity contribution in [3.8, 4) is 0 Å². The summed E-state index contributed by atoms with van der Waals surface area (Å²) in [7, 11) is -3.67. The largest absolute Gasteiger partial charge is 0.481 e. The molecule has 0 saturated heterocycles. The Bertz CT molecular complexity index is 456. The Hall–Kier alpha value is -2.18. The van der Waals surface area contributed by atoms with Gasteiger partial charge < -0.3 is 20.4 Å². The predicted octanol–water partition coefficient (Wildman–Crippen LogP) is -0.427. The van der Waals surface area contributed by atoms with Crippen molar-refractivity contribution in [3.05, 3.63) is 12.2 Å². The van der Waals surface area contributed by atoms with Gasteiger partial charge in [-0.1, -0.05) is 0 Å². The molecule has 0 heterocycles. The number of carboxylic acids is 4. The summed E-state index contributed by atoms with van der Waals surface area (Å²) in [5, 5.41) is 31.4. The van der Waals surface area contributed by atoms with Crippen LogP contribution in [0.1, 0.15) is 12.8 Å². The highest BCUT2D eigenvalue weighted by molar-refractivity contribution is 7.85. The molecular weight excluding hydrogens is 352 g/mol. The number of hydrogen-bond acceptors (Lipinski definition) is 6. The van der Waals surface area contributed by atoms with E-state index < -0.39 is 34.0 Å². The van der Waals surface area contributed by atoms with Gasteiger partial charge in [0.05, 0.1) is 19.1 Å². The molecule has 0 saturated carbocycles. The van der Waals surface area contributed by atoms with E-state index in [1.165, 1.54) is 0 Å². The highest BCUT2D eigenvalue weighted by Crippen LogP contribution is 1.86. The van der Waals surface area contributed by atoms with Crippen molar-refractivity contribution in [3.63, 3.8) is 0 Å². The maximum absolute atomic E-state index is 9.64. The molecule has 0 atom stereocenters. The molecular formula is C9H15ClO11S. The third kappa shape index (κ3) is 82.4. The van der Waals surface area contributed by atoms with Gasteiger partial charge in [-0.05, 0) is 0 Å². The first-order chi connectivity index (χ1) is 9.25. The number of hydrogen-bond donors (Lipinski definition) is 5. The fourth-order valence-electron chi connectivity index (χ4n) is 0.356. The van der Waals surface area contributed by atoms with Crippen LogP contribution in [0.5, 0.6) is 0 Å². The van der Waals surface area contributed by atoms with Crippen LogP contribution < -0.4 is 0 Å². The van der Waals surface area contributed by atoms with Crippen molar-refractivity contribution in [2.45, 2.75) is 12.8 Å². The summed E-state index contributed by atoms with van der Waals surface area (Å²) >= 11 is 0. The third-order valence-electron chi connectivity index (χ3n) is 0.921. The summed E-state index contributed by atoms with van der Waals surface area (Å²) in [6.07, 6.45) is 1.24. The summed E-state index contributed by atoms with van der Waals surface area (Å²) in [5.74, 6) is -4.67. The van der Waals surface area contributed by atoms with Crippen molar-refractivity contribution >= 4 is 46.4 Å². The summed E-state index contributed by atoms with van der Waals surface area (Å²) in [4.78, 5) is 38.4. The van der Waals surface area contributed by atoms with Crippen molar-refractivity contribution in [2.75, 3.05) is 6.26 Å². The molecule has 0 bridgehead atoms. The summed E-state index contributed by atoms with van der Waals surface area (Å²) in [6.45, 7) is 0. The Labute approximate surface area is 131 Å². The van der Waals surface area contributed by atoms with E-state index in [4.69, 9.17) is 25.0 Å². The van der Waals surface area contributed by atoms with Gasteiger partial charge in [-0.15, -0.1) is 12.4 Å². The Balaban J connectivity index is -0.000000111. The van der Waals surface area contributed by atoms with E-state index in [2.05, 4.69) is 0 Å². The van der Waals surface area contributed by atoms with Crippen LogP contribution in [-0.4, -0.2) is 63.5 Å². The number of carboxylic acid groups (broad SMARTS) is 4. The van der Waals surface area contributed by atoms with E-state index in [0.29, 0.717) is 18.4 Å². The molecule has 0 rings (SSSR count). The SMILES string of the molecule is CS(=O)(=O)O.Cl.O=C(O)/C=C\C(=O)O.O=C(O)CCC(=O)O. The molecule has 0 amide bonds. The van der Waals surface area contributed by atoms with Crippen LogP contribution in [0.3, 0.4) is 0 Å². The van der Waals surface area contributed by atoms with E-state index >= 15 is 0 Å². The summed E-state index contributed by atoms with van der Waals surface area (Å²) < 4.78 is 25.9. The van der Waals surface area contributed by atoms with Crippen molar-refractivity contribution in [2.24, 2.45) is 0 Å². The molecule has 22 heavy (non-hydrogen) atoms. The molecule has 0 aliphatic heterocycles. The van der Waals surface area contributed by atoms with Gasteiger partial charge in [0, 0.05) is 12.2 Å². The molecule has 0 aliphatic rings. The van der Waals surface area contributed by atoms with Crippen LogP contribution in [0.25, 0.3) is 0 Å². The second-order valence-corrected chi connectivity index (χ2v) is 4.50. The van der Waals surface area contributed by atoms with Gasteiger partial charge in [-0.25, -0.2) is 9.59 Å². The van der Waals surface area contributed by atoms with Gasteiger partial charge in [-0.2, -0.15) is 8.42 Å². The van der Waals surface area contributed by atoms with Crippen LogP contribution in [0.2, 0.25) is 0 Å². The lowest BCUT2D eigenvalue weighted by Crippen LogP contribution is -2.00. The quantitative estimate of drug-likeness (QED) is 0.312. The van der Waals surface area contributed by atoms with E-state index in [9.17, 15) is 27.6 Å². The van der Waals surface area contributed by atoms with Gasteiger partial charge in [0.25, 0.3) is 10.1 Å². The zero-order valence-electron chi connectivity index (χ0n) is 11.1. The van der Waals surface area contributed by atoms with E-state index in [-0.39, 0.29) is 25.2 Å². The van der Waals surface area contributed by atoms with E-state index in [1.54, 1.807) is 0 Å². The zero-order chi connectivity index (χ0) is 17.6. The lowest BCUT2D eigenvalue weighted by molar-refractivity contribution is -0.143. The lowest BCUT2D eigenvalue weighted by Gasteiger charge is -1.85. The minimum Gasteiger partial charge on any atom is -0.481 e. The smallest absolute Gasteiger partial charge is 0.328 e. The maximum Gasteiger partial charge on any atom is 0.328 e. The Morgan fingerprint density at radius 3 is 1.09 bits per heavy atom. The number of rotatable bonds is 5. The standard InChI is InChI=1S/C4H6O4.C4H4O4.CH4O3S.ClH/c2*5-3(6)1-2-4(7)8;1-5(2,3)4;/h1-2H2,(H,5,6)(H,7,8);1-2H,(H,5,6)(H,7,8);1H3,(H,2,3,4);1H/b;2-1-;;. The highest BCUT2D eigenvalue weighted by Gasteiger charge is 2.00. The molecule has 0 aliphatic carbocycles. The maximum atomic E-state index is 9.64. The minimum atomic E-state index is -3.67. The fourth-order valence-corrected chi connectivity index (χ4v) is 0.356. The Morgan fingerprint density at radius 2 is 1.00 bits per heavy atom. The first kappa shape index (κ1) is 28.0. The average Bonchev–Trinajstić information content (AvgIpc) is 2.22. The summed E-state index contributed by atoms with van der Waals surface area (Å²) in [5.41, 5.74) is 0. The number of aliphatic carboxylic acids is 4. The first-order valence-corrected chi connectivity index (χ1v) is 6.60. The van der Waals surface area contributed by atoms with E-state index in [0.717, 1.165) is 0 Å². The second-order valence-electron chi connectivity index (χ2n) is 3.03. The Kier molecular flexibility index (Phi) is 19.4. The first-order valence-electron chi connectivity index (χ1n) is 4.75. The monoisotopic (exact) mass is 366 g/mol. The van der Waals surface area contributed by atoms with Gasteiger partial charge in [0.1, 0.15) is 0 Å². The van der Waals surface area contributed by atoms with Crippen LogP contribution in [0.15, 0.2) is 12.2 Å². The second kappa shape index (κ2) is 15.2. The molecule has 13 heteroatoms. The molecule has 0 fully saturated rings. The van der Waals surface area contributed by atoms with Gasteiger partial charge in [0.2, 0.25) is 0 Å². The van der Waals surface area contributed by atoms with E-state index in [1.807, 2.05) is 0 Å². The molecule has 5 N–H and O–H groups in total. The van der Waals surface area contributed by atoms with Crippen molar-refractivity contribution < 1.29 is 52.6 Å². The van der Waals surface area contributed by atoms with Gasteiger partial charge in [0.15, 0.2) is 0 Å². The number of carbonyl (C=O) groups is 4. The topological polar surface area (TPSA) is 204 Å². The van der Waals surface area contributed by atoms with Gasteiger partial charge in [-0.3, -0.25) is 14.1 Å². The summed E-state index contributed by atoms with van der Waals surface area (Å²) in [6, 6.07) is 0. The third-order valence-corrected chi connectivity index (χ3v) is 0.921. The predicted molar refractivity (Wildman–Crippen MR) is 73.6 cm³/mol. The van der Waals surface area contributed by atoms with Crippen LogP contribution >= 0.6 is 12.4 Å². The fraction of sp³-hybridized carbons (Fsp3) is 0.333. The molecule has 0 aromatic rings. The molecule has 130 valence electrons. The highest BCUT2D eigenvalue weighted by atomic mass is 35.5. The number of halogens is 1. The minimum absolute atomic E-state index is 0. The molecule has 0 unspecified atom stereocenters. The van der Waals surface area contributed by atoms with Crippen molar-refractivity contribution in [1.29, 1.82) is 0 Å².